The van der Waals surface area contributed by atoms with Crippen molar-refractivity contribution in [3.8, 4) is 0 Å². The first-order valence-corrected chi connectivity index (χ1v) is 6.97. The first-order chi connectivity index (χ1) is 8.26. The molecular weight excluding hydrogens is 230 g/mol. The molecule has 0 N–H and O–H groups in total. The normalized spacial score (nSPS) is 18.1. The van der Waals surface area contributed by atoms with Gasteiger partial charge in [-0.25, -0.2) is 0 Å². The predicted molar refractivity (Wildman–Crippen MR) is 73.6 cm³/mol. The third kappa shape index (κ3) is 2.55. The van der Waals surface area contributed by atoms with E-state index in [4.69, 9.17) is 0 Å². The summed E-state index contributed by atoms with van der Waals surface area (Å²) in [5, 5.41) is 1.08. The lowest BCUT2D eigenvalue weighted by atomic mass is 10.1. The number of rotatable bonds is 3. The van der Waals surface area contributed by atoms with Gasteiger partial charge < -0.3 is 4.90 Å². The topological polar surface area (TPSA) is 20.3 Å². The van der Waals surface area contributed by atoms with Crippen LogP contribution in [0.25, 0.3) is 6.08 Å². The Morgan fingerprint density at radius 3 is 2.82 bits per heavy atom. The average molecular weight is 247 g/mol. The van der Waals surface area contributed by atoms with Crippen molar-refractivity contribution in [2.45, 2.75) is 20.3 Å². The molecule has 1 fully saturated rings. The van der Waals surface area contributed by atoms with Crippen LogP contribution in [0.3, 0.4) is 0 Å². The molecule has 1 amide bonds. The van der Waals surface area contributed by atoms with Gasteiger partial charge in [-0.05, 0) is 30.5 Å². The molecular formula is C14H17NOS. The van der Waals surface area contributed by atoms with E-state index in [9.17, 15) is 4.79 Å². The van der Waals surface area contributed by atoms with E-state index >= 15 is 0 Å². The monoisotopic (exact) mass is 247 g/mol. The van der Waals surface area contributed by atoms with Crippen LogP contribution in [0.1, 0.15) is 25.0 Å². The Bertz CT molecular complexity index is 453. The summed E-state index contributed by atoms with van der Waals surface area (Å²) in [7, 11) is 0. The van der Waals surface area contributed by atoms with E-state index in [1.54, 1.807) is 11.8 Å². The number of hydrogen-bond acceptors (Lipinski definition) is 2. The number of carbonyl (C=O) groups excluding carboxylic acids is 1. The number of carbonyl (C=O) groups is 1. The van der Waals surface area contributed by atoms with Crippen molar-refractivity contribution in [3.05, 3.63) is 40.4 Å². The van der Waals surface area contributed by atoms with Gasteiger partial charge in [-0.3, -0.25) is 4.79 Å². The van der Waals surface area contributed by atoms with Crippen molar-refractivity contribution < 1.29 is 4.79 Å². The smallest absolute Gasteiger partial charge is 0.237 e. The summed E-state index contributed by atoms with van der Waals surface area (Å²) in [6.45, 7) is 4.93. The maximum atomic E-state index is 11.6. The van der Waals surface area contributed by atoms with Gasteiger partial charge in [0, 0.05) is 6.54 Å². The van der Waals surface area contributed by atoms with E-state index in [0.29, 0.717) is 5.75 Å². The van der Waals surface area contributed by atoms with Gasteiger partial charge in [-0.15, -0.1) is 0 Å². The fourth-order valence-electron chi connectivity index (χ4n) is 2.00. The molecule has 1 aromatic carbocycles. The minimum absolute atomic E-state index is 0.220. The Morgan fingerprint density at radius 2 is 2.12 bits per heavy atom. The van der Waals surface area contributed by atoms with Crippen molar-refractivity contribution in [2.75, 3.05) is 12.3 Å². The van der Waals surface area contributed by atoms with Crippen molar-refractivity contribution in [2.24, 2.45) is 0 Å². The highest BCUT2D eigenvalue weighted by Crippen LogP contribution is 2.30. The minimum Gasteiger partial charge on any atom is -0.306 e. The molecule has 17 heavy (non-hydrogen) atoms. The van der Waals surface area contributed by atoms with Crippen LogP contribution < -0.4 is 0 Å². The second-order valence-corrected chi connectivity index (χ2v) is 4.96. The largest absolute Gasteiger partial charge is 0.306 e. The van der Waals surface area contributed by atoms with Gasteiger partial charge in [0.1, 0.15) is 0 Å². The number of amides is 1. The molecule has 0 atom stereocenters. The van der Waals surface area contributed by atoms with Crippen LogP contribution in [0.15, 0.2) is 29.3 Å². The molecule has 1 heterocycles. The summed E-state index contributed by atoms with van der Waals surface area (Å²) in [5.74, 6) is 0.797. The molecule has 0 radical (unpaired) electrons. The minimum atomic E-state index is 0.220. The van der Waals surface area contributed by atoms with Gasteiger partial charge in [0.05, 0.1) is 10.8 Å². The molecule has 0 bridgehead atoms. The van der Waals surface area contributed by atoms with E-state index in [-0.39, 0.29) is 5.91 Å². The summed E-state index contributed by atoms with van der Waals surface area (Å²) in [6, 6.07) is 8.36. The van der Waals surface area contributed by atoms with Crippen LogP contribution in [0.4, 0.5) is 0 Å². The fraction of sp³-hybridized carbons (Fsp3) is 0.357. The second kappa shape index (κ2) is 5.41. The molecule has 0 saturated carbocycles. The number of benzene rings is 1. The Hall–Kier alpha value is -1.22. The molecule has 2 rings (SSSR count). The van der Waals surface area contributed by atoms with E-state index in [1.807, 2.05) is 17.9 Å². The number of nitrogens with zero attached hydrogens (tertiary/aromatic N) is 1. The van der Waals surface area contributed by atoms with Crippen LogP contribution in [0.2, 0.25) is 0 Å². The zero-order valence-corrected chi connectivity index (χ0v) is 11.1. The van der Waals surface area contributed by atoms with Crippen molar-refractivity contribution >= 4 is 23.7 Å². The zero-order valence-electron chi connectivity index (χ0n) is 10.3. The number of thioether (sulfide) groups is 1. The number of aryl methyl sites for hydroxylation is 1. The Kier molecular flexibility index (Phi) is 3.89. The summed E-state index contributed by atoms with van der Waals surface area (Å²) < 4.78 is 0. The van der Waals surface area contributed by atoms with Gasteiger partial charge in [-0.2, -0.15) is 0 Å². The number of hydrogen-bond donors (Lipinski definition) is 0. The molecule has 1 saturated heterocycles. The molecule has 3 heteroatoms. The molecule has 1 aliphatic rings. The first-order valence-electron chi connectivity index (χ1n) is 5.99. The average Bonchev–Trinajstić information content (AvgIpc) is 2.70. The highest BCUT2D eigenvalue weighted by Gasteiger charge is 2.24. The molecule has 1 aliphatic heterocycles. The molecule has 2 nitrogen and oxygen atoms in total. The highest BCUT2D eigenvalue weighted by atomic mass is 32.2. The quantitative estimate of drug-likeness (QED) is 0.818. The van der Waals surface area contributed by atoms with Gasteiger partial charge >= 0.3 is 0 Å². The van der Waals surface area contributed by atoms with Gasteiger partial charge in [0.15, 0.2) is 0 Å². The maximum absolute atomic E-state index is 11.6. The predicted octanol–water partition coefficient (Wildman–Crippen LogP) is 3.14. The lowest BCUT2D eigenvalue weighted by Crippen LogP contribution is -2.23. The molecule has 0 aliphatic carbocycles. The second-order valence-electron chi connectivity index (χ2n) is 3.96. The summed E-state index contributed by atoms with van der Waals surface area (Å²) in [5.41, 5.74) is 2.56. The molecule has 90 valence electrons. The molecule has 0 aromatic heterocycles. The van der Waals surface area contributed by atoms with E-state index < -0.39 is 0 Å². The maximum Gasteiger partial charge on any atom is 0.237 e. The lowest BCUT2D eigenvalue weighted by molar-refractivity contribution is -0.125. The molecule has 1 aromatic rings. The Balaban J connectivity index is 2.32. The molecule has 0 spiro atoms. The van der Waals surface area contributed by atoms with Crippen molar-refractivity contribution in [1.82, 2.24) is 4.90 Å². The molecule has 0 unspecified atom stereocenters. The van der Waals surface area contributed by atoms with Crippen molar-refractivity contribution in [3.63, 3.8) is 0 Å². The summed E-state index contributed by atoms with van der Waals surface area (Å²) >= 11 is 1.63. The highest BCUT2D eigenvalue weighted by molar-refractivity contribution is 8.04. The van der Waals surface area contributed by atoms with Crippen LogP contribution in [0, 0.1) is 0 Å². The first kappa shape index (κ1) is 12.2. The Morgan fingerprint density at radius 1 is 1.35 bits per heavy atom. The van der Waals surface area contributed by atoms with Crippen LogP contribution in [-0.2, 0) is 11.2 Å². The SMILES string of the molecule is CCc1ccccc1C=C1SCC(=O)N1CC. The standard InChI is InChI=1S/C14H17NOS/c1-3-11-7-5-6-8-12(11)9-14-15(4-2)13(16)10-17-14/h5-9H,3-4,10H2,1-2H3. The summed E-state index contributed by atoms with van der Waals surface area (Å²) in [6.07, 6.45) is 3.16. The fourth-order valence-corrected chi connectivity index (χ4v) is 3.02. The zero-order chi connectivity index (χ0) is 12.3. The van der Waals surface area contributed by atoms with E-state index in [0.717, 1.165) is 18.0 Å². The van der Waals surface area contributed by atoms with Gasteiger partial charge in [0.25, 0.3) is 0 Å². The Labute approximate surface area is 107 Å². The third-order valence-electron chi connectivity index (χ3n) is 2.94. The van der Waals surface area contributed by atoms with Crippen molar-refractivity contribution in [1.29, 1.82) is 0 Å². The van der Waals surface area contributed by atoms with Crippen LogP contribution in [0.5, 0.6) is 0 Å². The third-order valence-corrected chi connectivity index (χ3v) is 3.97. The summed E-state index contributed by atoms with van der Waals surface area (Å²) in [4.78, 5) is 13.5. The van der Waals surface area contributed by atoms with Gasteiger partial charge in [-0.1, -0.05) is 43.0 Å². The van der Waals surface area contributed by atoms with Crippen LogP contribution in [-0.4, -0.2) is 23.1 Å². The van der Waals surface area contributed by atoms with E-state index in [1.165, 1.54) is 11.1 Å². The lowest BCUT2D eigenvalue weighted by Gasteiger charge is -2.14. The van der Waals surface area contributed by atoms with Crippen LogP contribution >= 0.6 is 11.8 Å². The van der Waals surface area contributed by atoms with E-state index in [2.05, 4.69) is 31.2 Å². The van der Waals surface area contributed by atoms with Gasteiger partial charge in [0.2, 0.25) is 5.91 Å².